The number of carbonyl (C=O) groups excluding carboxylic acids is 3. The average Bonchev–Trinajstić information content (AvgIpc) is 2.67. The zero-order chi connectivity index (χ0) is 21.1. The molecule has 1 aliphatic heterocycles. The molecule has 2 aromatic carbocycles. The van der Waals surface area contributed by atoms with Gasteiger partial charge in [-0.2, -0.15) is 0 Å². The largest absolute Gasteiger partial charge is 0.480 e. The highest BCUT2D eigenvalue weighted by Gasteiger charge is 2.36. The van der Waals surface area contributed by atoms with Gasteiger partial charge in [0.1, 0.15) is 17.9 Å². The van der Waals surface area contributed by atoms with Gasteiger partial charge in [-0.25, -0.2) is 9.69 Å². The molecule has 6 nitrogen and oxygen atoms in total. The molecule has 0 spiro atoms. The van der Waals surface area contributed by atoms with Crippen LogP contribution in [0.1, 0.15) is 16.7 Å². The molecule has 0 aliphatic carbocycles. The van der Waals surface area contributed by atoms with E-state index >= 15 is 0 Å². The average molecular weight is 453 g/mol. The minimum absolute atomic E-state index is 0.118. The number of halogens is 1. The number of hydrogen-bond acceptors (Lipinski definition) is 4. The molecule has 29 heavy (non-hydrogen) atoms. The lowest BCUT2D eigenvalue weighted by atomic mass is 10.1. The minimum atomic E-state index is -0.778. The Labute approximate surface area is 176 Å². The van der Waals surface area contributed by atoms with E-state index in [1.165, 1.54) is 6.08 Å². The highest BCUT2D eigenvalue weighted by atomic mass is 79.9. The van der Waals surface area contributed by atoms with Gasteiger partial charge in [0.15, 0.2) is 0 Å². The van der Waals surface area contributed by atoms with Crippen LogP contribution in [0.15, 0.2) is 46.4 Å². The van der Waals surface area contributed by atoms with Crippen molar-refractivity contribution in [2.24, 2.45) is 0 Å². The Bertz CT molecular complexity index is 1100. The number of nitrogens with one attached hydrogen (secondary N) is 1. The molecule has 0 saturated carbocycles. The molecule has 2 aromatic rings. The summed E-state index contributed by atoms with van der Waals surface area (Å²) in [6.45, 7) is 3.93. The van der Waals surface area contributed by atoms with E-state index in [1.807, 2.05) is 19.9 Å². The van der Waals surface area contributed by atoms with E-state index in [0.717, 1.165) is 16.0 Å². The Morgan fingerprint density at radius 2 is 1.90 bits per heavy atom. The zero-order valence-corrected chi connectivity index (χ0v) is 17.4. The quantitative estimate of drug-likeness (QED) is 0.435. The number of ether oxygens (including phenoxy) is 1. The molecule has 0 unspecified atom stereocenters. The molecule has 1 fully saturated rings. The molecule has 1 aliphatic rings. The lowest BCUT2D eigenvalue weighted by Gasteiger charge is -2.26. The summed E-state index contributed by atoms with van der Waals surface area (Å²) >= 11 is 3.37. The van der Waals surface area contributed by atoms with E-state index in [4.69, 9.17) is 11.2 Å². The van der Waals surface area contributed by atoms with E-state index in [9.17, 15) is 14.4 Å². The van der Waals surface area contributed by atoms with Gasteiger partial charge < -0.3 is 4.74 Å². The monoisotopic (exact) mass is 452 g/mol. The number of urea groups is 1. The SMILES string of the molecule is C#CCOc1ccc(/C=C2\C(=O)NC(=O)N(c3ccc(C)c(C)c3)C2=O)cc1Br. The first-order chi connectivity index (χ1) is 13.8. The van der Waals surface area contributed by atoms with Crippen molar-refractivity contribution in [2.45, 2.75) is 13.8 Å². The fourth-order valence-corrected chi connectivity index (χ4v) is 3.28. The fourth-order valence-electron chi connectivity index (χ4n) is 2.77. The first-order valence-electron chi connectivity index (χ1n) is 8.66. The highest BCUT2D eigenvalue weighted by Crippen LogP contribution is 2.28. The van der Waals surface area contributed by atoms with Gasteiger partial charge in [0.05, 0.1) is 10.2 Å². The van der Waals surface area contributed by atoms with Gasteiger partial charge in [-0.3, -0.25) is 14.9 Å². The number of anilines is 1. The molecule has 0 aromatic heterocycles. The molecule has 1 saturated heterocycles. The second-order valence-electron chi connectivity index (χ2n) is 6.41. The van der Waals surface area contributed by atoms with Crippen LogP contribution in [0.4, 0.5) is 10.5 Å². The number of rotatable bonds is 4. The Kier molecular flexibility index (Phi) is 5.85. The van der Waals surface area contributed by atoms with Crippen LogP contribution in [0, 0.1) is 26.2 Å². The zero-order valence-electron chi connectivity index (χ0n) is 15.8. The van der Waals surface area contributed by atoms with Gasteiger partial charge >= 0.3 is 6.03 Å². The summed E-state index contributed by atoms with van der Waals surface area (Å²) in [5, 5.41) is 2.22. The van der Waals surface area contributed by atoms with E-state index in [0.29, 0.717) is 21.5 Å². The topological polar surface area (TPSA) is 75.7 Å². The highest BCUT2D eigenvalue weighted by molar-refractivity contribution is 9.10. The van der Waals surface area contributed by atoms with Crippen molar-refractivity contribution >= 4 is 45.5 Å². The van der Waals surface area contributed by atoms with Gasteiger partial charge in [-0.15, -0.1) is 6.42 Å². The standard InChI is InChI=1S/C22H17BrN2O4/c1-4-9-29-19-8-6-15(12-18(19)23)11-17-20(26)24-22(28)25(21(17)27)16-7-5-13(2)14(3)10-16/h1,5-8,10-12H,9H2,2-3H3,(H,24,26,28)/b17-11+. The van der Waals surface area contributed by atoms with Crippen LogP contribution < -0.4 is 15.0 Å². The van der Waals surface area contributed by atoms with Crippen molar-refractivity contribution in [2.75, 3.05) is 11.5 Å². The molecule has 1 heterocycles. The van der Waals surface area contributed by atoms with Crippen LogP contribution in [-0.2, 0) is 9.59 Å². The maximum Gasteiger partial charge on any atom is 0.335 e. The number of carbonyl (C=O) groups is 3. The van der Waals surface area contributed by atoms with Crippen molar-refractivity contribution < 1.29 is 19.1 Å². The Morgan fingerprint density at radius 1 is 1.14 bits per heavy atom. The number of terminal acetylenes is 1. The van der Waals surface area contributed by atoms with E-state index in [1.54, 1.807) is 30.3 Å². The molecular formula is C22H17BrN2O4. The number of aryl methyl sites for hydroxylation is 2. The predicted molar refractivity (Wildman–Crippen MR) is 113 cm³/mol. The maximum absolute atomic E-state index is 13.0. The van der Waals surface area contributed by atoms with Crippen molar-refractivity contribution in [3.8, 4) is 18.1 Å². The fraction of sp³-hybridized carbons (Fsp3) is 0.136. The summed E-state index contributed by atoms with van der Waals surface area (Å²) < 4.78 is 6.00. The molecular weight excluding hydrogens is 436 g/mol. The predicted octanol–water partition coefficient (Wildman–Crippen LogP) is 3.74. The van der Waals surface area contributed by atoms with E-state index < -0.39 is 17.8 Å². The number of hydrogen-bond donors (Lipinski definition) is 1. The third-order valence-electron chi connectivity index (χ3n) is 4.43. The van der Waals surface area contributed by atoms with Crippen molar-refractivity contribution in [1.29, 1.82) is 0 Å². The van der Waals surface area contributed by atoms with Crippen LogP contribution in [0.2, 0.25) is 0 Å². The van der Waals surface area contributed by atoms with Gasteiger partial charge in [-0.1, -0.05) is 18.1 Å². The minimum Gasteiger partial charge on any atom is -0.480 e. The van der Waals surface area contributed by atoms with Crippen molar-refractivity contribution in [1.82, 2.24) is 5.32 Å². The molecule has 0 radical (unpaired) electrons. The molecule has 4 amide bonds. The summed E-state index contributed by atoms with van der Waals surface area (Å²) in [6, 6.07) is 9.48. The molecule has 7 heteroatoms. The van der Waals surface area contributed by atoms with Gasteiger partial charge in [0.25, 0.3) is 11.8 Å². The summed E-state index contributed by atoms with van der Waals surface area (Å²) in [6.07, 6.45) is 6.61. The number of nitrogens with zero attached hydrogens (tertiary/aromatic N) is 1. The molecule has 0 bridgehead atoms. The number of amides is 4. The molecule has 0 atom stereocenters. The lowest BCUT2D eigenvalue weighted by molar-refractivity contribution is -0.122. The third-order valence-corrected chi connectivity index (χ3v) is 5.05. The summed E-state index contributed by atoms with van der Waals surface area (Å²) in [4.78, 5) is 38.5. The normalized spacial score (nSPS) is 15.3. The van der Waals surface area contributed by atoms with Crippen LogP contribution >= 0.6 is 15.9 Å². The van der Waals surface area contributed by atoms with Crippen molar-refractivity contribution in [3.63, 3.8) is 0 Å². The third kappa shape index (κ3) is 4.23. The number of imide groups is 2. The lowest BCUT2D eigenvalue weighted by Crippen LogP contribution is -2.54. The van der Waals surface area contributed by atoms with Crippen LogP contribution in [0.25, 0.3) is 6.08 Å². The van der Waals surface area contributed by atoms with Crippen LogP contribution in [0.3, 0.4) is 0 Å². The number of benzene rings is 2. The second-order valence-corrected chi connectivity index (χ2v) is 7.26. The van der Waals surface area contributed by atoms with Gasteiger partial charge in [0.2, 0.25) is 0 Å². The molecule has 1 N–H and O–H groups in total. The Morgan fingerprint density at radius 3 is 2.55 bits per heavy atom. The van der Waals surface area contributed by atoms with Crippen LogP contribution in [0.5, 0.6) is 5.75 Å². The van der Waals surface area contributed by atoms with Gasteiger partial charge in [0, 0.05) is 0 Å². The maximum atomic E-state index is 13.0. The van der Waals surface area contributed by atoms with Crippen LogP contribution in [-0.4, -0.2) is 24.5 Å². The molecule has 146 valence electrons. The Balaban J connectivity index is 1.96. The second kappa shape index (κ2) is 8.33. The van der Waals surface area contributed by atoms with E-state index in [2.05, 4.69) is 27.2 Å². The Hall–Kier alpha value is -3.37. The number of barbiturate groups is 1. The van der Waals surface area contributed by atoms with Crippen molar-refractivity contribution in [3.05, 3.63) is 63.1 Å². The summed E-state index contributed by atoms with van der Waals surface area (Å²) in [5.41, 5.74) is 2.79. The van der Waals surface area contributed by atoms with Gasteiger partial charge in [-0.05, 0) is 76.8 Å². The summed E-state index contributed by atoms with van der Waals surface area (Å²) in [7, 11) is 0. The molecule has 3 rings (SSSR count). The summed E-state index contributed by atoms with van der Waals surface area (Å²) in [5.74, 6) is 1.48. The van der Waals surface area contributed by atoms with E-state index in [-0.39, 0.29) is 12.2 Å². The smallest absolute Gasteiger partial charge is 0.335 e. The first-order valence-corrected chi connectivity index (χ1v) is 9.45. The first kappa shape index (κ1) is 20.4.